The first-order chi connectivity index (χ1) is 15.9. The van der Waals surface area contributed by atoms with Crippen molar-refractivity contribution in [1.82, 2.24) is 9.88 Å². The number of amides is 1. The van der Waals surface area contributed by atoms with Gasteiger partial charge in [0.15, 0.2) is 0 Å². The molecule has 6 heteroatoms. The third-order valence-corrected chi connectivity index (χ3v) is 7.43. The van der Waals surface area contributed by atoms with Gasteiger partial charge < -0.3 is 9.88 Å². The van der Waals surface area contributed by atoms with Crippen molar-refractivity contribution >= 4 is 46.1 Å². The number of nitrogens with zero attached hydrogens (tertiary/aromatic N) is 2. The third kappa shape index (κ3) is 4.95. The summed E-state index contributed by atoms with van der Waals surface area (Å²) < 4.78 is 2.18. The Bertz CT molecular complexity index is 1270. The fourth-order valence-corrected chi connectivity index (χ4v) is 5.05. The van der Waals surface area contributed by atoms with Crippen LogP contribution in [-0.4, -0.2) is 16.5 Å². The molecule has 0 aliphatic heterocycles. The highest BCUT2D eigenvalue weighted by molar-refractivity contribution is 6.42. The summed E-state index contributed by atoms with van der Waals surface area (Å²) in [6, 6.07) is 15.9. The number of nitriles is 1. The summed E-state index contributed by atoms with van der Waals surface area (Å²) >= 11 is 12.3. The van der Waals surface area contributed by atoms with Crippen molar-refractivity contribution in [2.45, 2.75) is 52.1 Å². The molecule has 1 aliphatic rings. The lowest BCUT2D eigenvalue weighted by atomic mass is 9.86. The number of benzene rings is 2. The first-order valence-corrected chi connectivity index (χ1v) is 12.1. The van der Waals surface area contributed by atoms with E-state index >= 15 is 0 Å². The van der Waals surface area contributed by atoms with Gasteiger partial charge in [-0.05, 0) is 55.5 Å². The second kappa shape index (κ2) is 10.0. The minimum absolute atomic E-state index is 0.125. The molecule has 0 saturated heterocycles. The van der Waals surface area contributed by atoms with E-state index in [0.29, 0.717) is 22.5 Å². The Morgan fingerprint density at radius 3 is 2.67 bits per heavy atom. The van der Waals surface area contributed by atoms with Gasteiger partial charge in [-0.15, -0.1) is 0 Å². The third-order valence-electron chi connectivity index (χ3n) is 6.69. The van der Waals surface area contributed by atoms with E-state index in [4.69, 9.17) is 23.2 Å². The molecule has 3 aromatic rings. The monoisotopic (exact) mass is 479 g/mol. The zero-order valence-corrected chi connectivity index (χ0v) is 20.4. The number of nitrogens with one attached hydrogen (secondary N) is 1. The van der Waals surface area contributed by atoms with Gasteiger partial charge in [-0.2, -0.15) is 5.26 Å². The summed E-state index contributed by atoms with van der Waals surface area (Å²) in [6.45, 7) is 4.78. The van der Waals surface area contributed by atoms with Gasteiger partial charge in [-0.25, -0.2) is 0 Å². The molecule has 0 radical (unpaired) electrons. The second-order valence-electron chi connectivity index (χ2n) is 8.86. The van der Waals surface area contributed by atoms with E-state index in [0.717, 1.165) is 47.0 Å². The van der Waals surface area contributed by atoms with Crippen LogP contribution in [0.25, 0.3) is 17.0 Å². The molecule has 4 rings (SSSR count). The molecule has 4 nitrogen and oxygen atoms in total. The SMILES string of the molecule is Cc1c(/C=C(\C#N)C(=O)N[C@@H]2CCCC[C@H]2C)c2ccccc2n1Cc1ccc(Cl)c(Cl)c1. The quantitative estimate of drug-likeness (QED) is 0.319. The van der Waals surface area contributed by atoms with E-state index in [-0.39, 0.29) is 17.5 Å². The Morgan fingerprint density at radius 1 is 1.18 bits per heavy atom. The molecule has 2 aromatic carbocycles. The van der Waals surface area contributed by atoms with E-state index in [1.54, 1.807) is 12.1 Å². The van der Waals surface area contributed by atoms with Gasteiger partial charge in [-0.3, -0.25) is 4.79 Å². The molecule has 1 fully saturated rings. The first kappa shape index (κ1) is 23.4. The Labute approximate surface area is 204 Å². The zero-order valence-electron chi connectivity index (χ0n) is 18.9. The Balaban J connectivity index is 1.70. The molecular weight excluding hydrogens is 453 g/mol. The van der Waals surface area contributed by atoms with E-state index in [9.17, 15) is 10.1 Å². The van der Waals surface area contributed by atoms with Gasteiger partial charge in [0.25, 0.3) is 5.91 Å². The summed E-state index contributed by atoms with van der Waals surface area (Å²) in [7, 11) is 0. The Morgan fingerprint density at radius 2 is 1.94 bits per heavy atom. The number of aromatic nitrogens is 1. The van der Waals surface area contributed by atoms with Gasteiger partial charge in [0.1, 0.15) is 11.6 Å². The number of halogens is 2. The molecule has 0 unspecified atom stereocenters. The van der Waals surface area contributed by atoms with Crippen molar-refractivity contribution in [1.29, 1.82) is 5.26 Å². The smallest absolute Gasteiger partial charge is 0.262 e. The zero-order chi connectivity index (χ0) is 23.5. The van der Waals surface area contributed by atoms with Crippen molar-refractivity contribution in [3.05, 3.63) is 74.9 Å². The molecule has 1 aromatic heterocycles. The minimum Gasteiger partial charge on any atom is -0.348 e. The maximum atomic E-state index is 13.0. The Hall–Kier alpha value is -2.74. The minimum atomic E-state index is -0.294. The number of hydrogen-bond acceptors (Lipinski definition) is 2. The van der Waals surface area contributed by atoms with E-state index in [1.807, 2.05) is 43.3 Å². The number of para-hydroxylation sites is 1. The summed E-state index contributed by atoms with van der Waals surface area (Å²) in [5.41, 5.74) is 4.05. The van der Waals surface area contributed by atoms with Crippen LogP contribution in [-0.2, 0) is 11.3 Å². The topological polar surface area (TPSA) is 57.8 Å². The van der Waals surface area contributed by atoms with Crippen molar-refractivity contribution in [3.8, 4) is 6.07 Å². The molecule has 1 N–H and O–H groups in total. The molecule has 1 heterocycles. The van der Waals surface area contributed by atoms with Crippen LogP contribution in [0.4, 0.5) is 0 Å². The van der Waals surface area contributed by atoms with Crippen LogP contribution in [0.2, 0.25) is 10.0 Å². The summed E-state index contributed by atoms with van der Waals surface area (Å²) in [4.78, 5) is 13.0. The largest absolute Gasteiger partial charge is 0.348 e. The normalized spacial score (nSPS) is 18.8. The highest BCUT2D eigenvalue weighted by atomic mass is 35.5. The van der Waals surface area contributed by atoms with Crippen LogP contribution >= 0.6 is 23.2 Å². The molecule has 1 amide bonds. The number of fused-ring (bicyclic) bond motifs is 1. The maximum absolute atomic E-state index is 13.0. The first-order valence-electron chi connectivity index (χ1n) is 11.3. The molecule has 1 aliphatic carbocycles. The van der Waals surface area contributed by atoms with Crippen LogP contribution in [0.5, 0.6) is 0 Å². The number of hydrogen-bond donors (Lipinski definition) is 1. The molecule has 0 bridgehead atoms. The van der Waals surface area contributed by atoms with Gasteiger partial charge in [0, 0.05) is 34.7 Å². The van der Waals surface area contributed by atoms with Gasteiger partial charge in [-0.1, -0.05) is 67.2 Å². The van der Waals surface area contributed by atoms with Gasteiger partial charge in [0.05, 0.1) is 10.0 Å². The van der Waals surface area contributed by atoms with Crippen molar-refractivity contribution in [2.24, 2.45) is 5.92 Å². The summed E-state index contributed by atoms with van der Waals surface area (Å²) in [5, 5.41) is 14.9. The van der Waals surface area contributed by atoms with Gasteiger partial charge >= 0.3 is 0 Å². The Kier molecular flexibility index (Phi) is 7.12. The van der Waals surface area contributed by atoms with E-state index in [2.05, 4.69) is 22.9 Å². The number of carbonyl (C=O) groups is 1. The lowest BCUT2D eigenvalue weighted by Gasteiger charge is -2.29. The standard InChI is InChI=1S/C27H27Cl2N3O/c1-17-7-3-5-9-25(17)31-27(33)20(15-30)14-22-18(2)32(26-10-6-4-8-21(22)26)16-19-11-12-23(28)24(29)13-19/h4,6,8,10-14,17,25H,3,5,7,9,16H2,1-2H3,(H,31,33)/b20-14+/t17-,25-/m1/s1. The predicted molar refractivity (Wildman–Crippen MR) is 135 cm³/mol. The molecule has 170 valence electrons. The van der Waals surface area contributed by atoms with Gasteiger partial charge in [0.2, 0.25) is 0 Å². The van der Waals surface area contributed by atoms with E-state index < -0.39 is 0 Å². The lowest BCUT2D eigenvalue weighted by Crippen LogP contribution is -2.41. The predicted octanol–water partition coefficient (Wildman–Crippen LogP) is 6.91. The average Bonchev–Trinajstić information content (AvgIpc) is 3.07. The fourth-order valence-electron chi connectivity index (χ4n) is 4.73. The lowest BCUT2D eigenvalue weighted by molar-refractivity contribution is -0.118. The van der Waals surface area contributed by atoms with Crippen molar-refractivity contribution in [3.63, 3.8) is 0 Å². The molecule has 2 atom stereocenters. The van der Waals surface area contributed by atoms with Crippen LogP contribution in [0.1, 0.15) is 49.4 Å². The highest BCUT2D eigenvalue weighted by Gasteiger charge is 2.24. The van der Waals surface area contributed by atoms with Crippen molar-refractivity contribution in [2.75, 3.05) is 0 Å². The van der Waals surface area contributed by atoms with Crippen LogP contribution in [0.15, 0.2) is 48.0 Å². The number of carbonyl (C=O) groups excluding carboxylic acids is 1. The fraction of sp³-hybridized carbons (Fsp3) is 0.333. The average molecular weight is 480 g/mol. The molecule has 1 saturated carbocycles. The van der Waals surface area contributed by atoms with Crippen LogP contribution in [0.3, 0.4) is 0 Å². The molecule has 33 heavy (non-hydrogen) atoms. The van der Waals surface area contributed by atoms with Crippen LogP contribution < -0.4 is 5.32 Å². The molecule has 0 spiro atoms. The van der Waals surface area contributed by atoms with Crippen LogP contribution in [0, 0.1) is 24.2 Å². The summed E-state index contributed by atoms with van der Waals surface area (Å²) in [5.74, 6) is 0.134. The second-order valence-corrected chi connectivity index (χ2v) is 9.68. The summed E-state index contributed by atoms with van der Waals surface area (Å²) in [6.07, 6.45) is 6.12. The maximum Gasteiger partial charge on any atom is 0.262 e. The van der Waals surface area contributed by atoms with E-state index in [1.165, 1.54) is 6.42 Å². The number of rotatable bonds is 5. The van der Waals surface area contributed by atoms with Crippen molar-refractivity contribution < 1.29 is 4.79 Å². The highest BCUT2D eigenvalue weighted by Crippen LogP contribution is 2.30. The molecular formula is C27H27Cl2N3O.